The van der Waals surface area contributed by atoms with E-state index in [1.54, 1.807) is 4.90 Å². The number of likely N-dealkylation sites (tertiary alicyclic amines) is 1. The van der Waals surface area contributed by atoms with Gasteiger partial charge in [0.2, 0.25) is 0 Å². The fraction of sp³-hybridized carbons (Fsp3) is 0.471. The van der Waals surface area contributed by atoms with Crippen LogP contribution in [0.15, 0.2) is 18.2 Å². The first-order valence-corrected chi connectivity index (χ1v) is 7.42. The molecule has 1 aliphatic rings. The Balaban J connectivity index is 1.85. The molecule has 1 aromatic heterocycles. The SMILES string of the molecule is Cc1[nH]c2ccc(C(=O)N3CC(O)(C(C)C)C3)cc2c1C. The molecular weight excluding hydrogens is 264 g/mol. The third-order valence-electron chi connectivity index (χ3n) is 4.85. The molecule has 0 radical (unpaired) electrons. The molecule has 2 heterocycles. The molecule has 21 heavy (non-hydrogen) atoms. The lowest BCUT2D eigenvalue weighted by Gasteiger charge is -2.49. The number of nitrogens with zero attached hydrogens (tertiary/aromatic N) is 1. The lowest BCUT2D eigenvalue weighted by atomic mass is 9.82. The zero-order valence-electron chi connectivity index (χ0n) is 13.0. The maximum absolute atomic E-state index is 12.5. The average Bonchev–Trinajstić information content (AvgIpc) is 2.69. The van der Waals surface area contributed by atoms with Crippen LogP contribution < -0.4 is 0 Å². The topological polar surface area (TPSA) is 56.3 Å². The number of aliphatic hydroxyl groups is 1. The van der Waals surface area contributed by atoms with E-state index in [1.807, 2.05) is 39.0 Å². The van der Waals surface area contributed by atoms with Crippen LogP contribution in [0, 0.1) is 19.8 Å². The van der Waals surface area contributed by atoms with Gasteiger partial charge in [0.1, 0.15) is 5.60 Å². The van der Waals surface area contributed by atoms with Crippen LogP contribution in [0.4, 0.5) is 0 Å². The number of aryl methyl sites for hydroxylation is 2. The molecule has 4 nitrogen and oxygen atoms in total. The van der Waals surface area contributed by atoms with Gasteiger partial charge in [-0.15, -0.1) is 0 Å². The molecule has 0 spiro atoms. The highest BCUT2D eigenvalue weighted by Gasteiger charge is 2.45. The van der Waals surface area contributed by atoms with Crippen LogP contribution in [-0.4, -0.2) is 39.6 Å². The number of H-pyrrole nitrogens is 1. The van der Waals surface area contributed by atoms with Crippen molar-refractivity contribution in [3.8, 4) is 0 Å². The van der Waals surface area contributed by atoms with E-state index in [1.165, 1.54) is 5.56 Å². The average molecular weight is 286 g/mol. The number of aromatic amines is 1. The number of rotatable bonds is 2. The van der Waals surface area contributed by atoms with Crippen molar-refractivity contribution in [3.05, 3.63) is 35.0 Å². The molecule has 3 rings (SSSR count). The van der Waals surface area contributed by atoms with Crippen LogP contribution in [-0.2, 0) is 0 Å². The van der Waals surface area contributed by atoms with Crippen molar-refractivity contribution in [2.24, 2.45) is 5.92 Å². The lowest BCUT2D eigenvalue weighted by molar-refractivity contribution is -0.110. The molecule has 0 atom stereocenters. The Labute approximate surface area is 124 Å². The molecule has 1 amide bonds. The maximum Gasteiger partial charge on any atom is 0.254 e. The number of fused-ring (bicyclic) bond motifs is 1. The summed E-state index contributed by atoms with van der Waals surface area (Å²) in [4.78, 5) is 17.5. The number of aromatic nitrogens is 1. The summed E-state index contributed by atoms with van der Waals surface area (Å²) < 4.78 is 0. The predicted molar refractivity (Wildman–Crippen MR) is 83.5 cm³/mol. The Morgan fingerprint density at radius 2 is 2.00 bits per heavy atom. The minimum Gasteiger partial charge on any atom is -0.386 e. The summed E-state index contributed by atoms with van der Waals surface area (Å²) in [6, 6.07) is 5.76. The number of amides is 1. The number of carbonyl (C=O) groups excluding carboxylic acids is 1. The summed E-state index contributed by atoms with van der Waals surface area (Å²) in [5.41, 5.74) is 3.34. The number of nitrogens with one attached hydrogen (secondary N) is 1. The largest absolute Gasteiger partial charge is 0.386 e. The molecular formula is C17H22N2O2. The Hall–Kier alpha value is -1.81. The van der Waals surface area contributed by atoms with Gasteiger partial charge in [-0.25, -0.2) is 0 Å². The second-order valence-corrected chi connectivity index (χ2v) is 6.55. The van der Waals surface area contributed by atoms with Crippen molar-refractivity contribution in [1.82, 2.24) is 9.88 Å². The molecule has 0 aliphatic carbocycles. The second-order valence-electron chi connectivity index (χ2n) is 6.55. The van der Waals surface area contributed by atoms with Crippen molar-refractivity contribution in [2.75, 3.05) is 13.1 Å². The van der Waals surface area contributed by atoms with Crippen molar-refractivity contribution in [2.45, 2.75) is 33.3 Å². The highest BCUT2D eigenvalue weighted by atomic mass is 16.3. The molecule has 0 bridgehead atoms. The minimum atomic E-state index is -0.722. The van der Waals surface area contributed by atoms with E-state index in [9.17, 15) is 9.90 Å². The lowest BCUT2D eigenvalue weighted by Crippen LogP contribution is -2.65. The Kier molecular flexibility index (Phi) is 3.10. The van der Waals surface area contributed by atoms with Gasteiger partial charge in [-0.2, -0.15) is 0 Å². The number of β-amino-alcohol motifs (C(OH)–C–C–N with tert-alkyl or cyclic N) is 1. The van der Waals surface area contributed by atoms with Crippen LogP contribution in [0.1, 0.15) is 35.5 Å². The smallest absolute Gasteiger partial charge is 0.254 e. The third kappa shape index (κ3) is 2.14. The number of hydrogen-bond donors (Lipinski definition) is 2. The zero-order chi connectivity index (χ0) is 15.4. The number of carbonyl (C=O) groups is 1. The van der Waals surface area contributed by atoms with Crippen molar-refractivity contribution < 1.29 is 9.90 Å². The summed E-state index contributed by atoms with van der Waals surface area (Å²) in [6.45, 7) is 8.91. The van der Waals surface area contributed by atoms with E-state index in [0.29, 0.717) is 18.7 Å². The summed E-state index contributed by atoms with van der Waals surface area (Å²) >= 11 is 0. The fourth-order valence-corrected chi connectivity index (χ4v) is 2.90. The zero-order valence-corrected chi connectivity index (χ0v) is 13.0. The van der Waals surface area contributed by atoms with Crippen LogP contribution >= 0.6 is 0 Å². The Morgan fingerprint density at radius 3 is 2.62 bits per heavy atom. The van der Waals surface area contributed by atoms with E-state index in [2.05, 4.69) is 11.9 Å². The maximum atomic E-state index is 12.5. The molecule has 2 N–H and O–H groups in total. The Bertz CT molecular complexity index is 709. The van der Waals surface area contributed by atoms with Gasteiger partial charge in [-0.3, -0.25) is 4.79 Å². The molecule has 1 fully saturated rings. The van der Waals surface area contributed by atoms with Crippen LogP contribution in [0.2, 0.25) is 0 Å². The van der Waals surface area contributed by atoms with Crippen LogP contribution in [0.5, 0.6) is 0 Å². The van der Waals surface area contributed by atoms with Gasteiger partial charge in [-0.1, -0.05) is 13.8 Å². The van der Waals surface area contributed by atoms with Crippen molar-refractivity contribution in [1.29, 1.82) is 0 Å². The van der Waals surface area contributed by atoms with Gasteiger partial charge in [0.25, 0.3) is 5.91 Å². The van der Waals surface area contributed by atoms with Gasteiger partial charge < -0.3 is 15.0 Å². The van der Waals surface area contributed by atoms with Gasteiger partial charge in [-0.05, 0) is 43.5 Å². The highest BCUT2D eigenvalue weighted by molar-refractivity contribution is 5.99. The van der Waals surface area contributed by atoms with E-state index in [4.69, 9.17) is 0 Å². The molecule has 2 aromatic rings. The highest BCUT2D eigenvalue weighted by Crippen LogP contribution is 2.30. The minimum absolute atomic E-state index is 0.000443. The molecule has 112 valence electrons. The van der Waals surface area contributed by atoms with Crippen LogP contribution in [0.3, 0.4) is 0 Å². The molecule has 1 aromatic carbocycles. The molecule has 0 unspecified atom stereocenters. The summed E-state index contributed by atoms with van der Waals surface area (Å²) in [5.74, 6) is 0.166. The van der Waals surface area contributed by atoms with E-state index in [0.717, 1.165) is 16.6 Å². The first-order chi connectivity index (χ1) is 9.82. The van der Waals surface area contributed by atoms with E-state index < -0.39 is 5.60 Å². The first-order valence-electron chi connectivity index (χ1n) is 7.42. The predicted octanol–water partition coefficient (Wildman–Crippen LogP) is 2.63. The molecule has 0 saturated carbocycles. The van der Waals surface area contributed by atoms with E-state index >= 15 is 0 Å². The summed E-state index contributed by atoms with van der Waals surface area (Å²) in [7, 11) is 0. The van der Waals surface area contributed by atoms with Crippen molar-refractivity contribution >= 4 is 16.8 Å². The number of hydrogen-bond acceptors (Lipinski definition) is 2. The van der Waals surface area contributed by atoms with Crippen LogP contribution in [0.25, 0.3) is 10.9 Å². The fourth-order valence-electron chi connectivity index (χ4n) is 2.90. The molecule has 1 aliphatic heterocycles. The molecule has 1 saturated heterocycles. The van der Waals surface area contributed by atoms with Crippen molar-refractivity contribution in [3.63, 3.8) is 0 Å². The van der Waals surface area contributed by atoms with E-state index in [-0.39, 0.29) is 11.8 Å². The number of benzene rings is 1. The van der Waals surface area contributed by atoms with Gasteiger partial charge >= 0.3 is 0 Å². The second kappa shape index (κ2) is 4.60. The Morgan fingerprint density at radius 1 is 1.33 bits per heavy atom. The first kappa shape index (κ1) is 14.1. The van der Waals surface area contributed by atoms with Gasteiger partial charge in [0.05, 0.1) is 13.1 Å². The standard InChI is InChI=1S/C17H22N2O2/c1-10(2)17(21)8-19(9-17)16(20)13-5-6-15-14(7-13)11(3)12(4)18-15/h5-7,10,18,21H,8-9H2,1-4H3. The third-order valence-corrected chi connectivity index (χ3v) is 4.85. The normalized spacial score (nSPS) is 17.3. The monoisotopic (exact) mass is 286 g/mol. The van der Waals surface area contributed by atoms with Gasteiger partial charge in [0.15, 0.2) is 0 Å². The quantitative estimate of drug-likeness (QED) is 0.891. The molecule has 4 heteroatoms. The summed E-state index contributed by atoms with van der Waals surface area (Å²) in [6.07, 6.45) is 0. The summed E-state index contributed by atoms with van der Waals surface area (Å²) in [5, 5.41) is 11.4. The van der Waals surface area contributed by atoms with Gasteiger partial charge in [0, 0.05) is 22.2 Å².